The van der Waals surface area contributed by atoms with Gasteiger partial charge in [0, 0.05) is 6.20 Å². The Morgan fingerprint density at radius 3 is 2.65 bits per heavy atom. The molecule has 0 aliphatic heterocycles. The van der Waals surface area contributed by atoms with Crippen molar-refractivity contribution in [2.45, 2.75) is 6.54 Å². The second-order valence-corrected chi connectivity index (χ2v) is 4.76. The third-order valence-corrected chi connectivity index (χ3v) is 3.26. The fourth-order valence-electron chi connectivity index (χ4n) is 1.71. The van der Waals surface area contributed by atoms with Gasteiger partial charge in [-0.25, -0.2) is 0 Å². The Kier molecular flexibility index (Phi) is 4.82. The smallest absolute Gasteiger partial charge is 0.256 e. The highest BCUT2D eigenvalue weighted by Crippen LogP contribution is 2.33. The van der Waals surface area contributed by atoms with E-state index in [-0.39, 0.29) is 22.2 Å². The zero-order valence-corrected chi connectivity index (χ0v) is 12.2. The predicted octanol–water partition coefficient (Wildman–Crippen LogP) is 3.33. The second-order valence-electron chi connectivity index (χ2n) is 3.94. The molecule has 1 aromatic carbocycles. The lowest BCUT2D eigenvalue weighted by atomic mass is 10.2. The van der Waals surface area contributed by atoms with E-state index >= 15 is 0 Å². The molecule has 20 heavy (non-hydrogen) atoms. The van der Waals surface area contributed by atoms with Crippen molar-refractivity contribution in [1.82, 2.24) is 10.3 Å². The van der Waals surface area contributed by atoms with Crippen molar-refractivity contribution in [3.8, 4) is 5.75 Å². The number of aromatic nitrogens is 1. The molecule has 2 aromatic rings. The van der Waals surface area contributed by atoms with Crippen molar-refractivity contribution in [1.29, 1.82) is 0 Å². The number of hydrogen-bond donors (Lipinski definition) is 1. The topological polar surface area (TPSA) is 51.2 Å². The Labute approximate surface area is 126 Å². The standard InChI is InChI=1S/C14H12Cl2N2O2/c1-20-13-11(16)6-5-10(15)12(13)14(19)18-8-9-4-2-3-7-17-9/h2-7H,8H2,1H3,(H,18,19). The number of pyridine rings is 1. The molecule has 1 amide bonds. The van der Waals surface area contributed by atoms with Crippen molar-refractivity contribution in [3.63, 3.8) is 0 Å². The number of carbonyl (C=O) groups is 1. The maximum Gasteiger partial charge on any atom is 0.256 e. The first-order chi connectivity index (χ1) is 9.63. The molecule has 0 atom stereocenters. The molecule has 0 saturated carbocycles. The van der Waals surface area contributed by atoms with Crippen LogP contribution in [0.5, 0.6) is 5.75 Å². The first kappa shape index (κ1) is 14.6. The van der Waals surface area contributed by atoms with Crippen LogP contribution in [0.25, 0.3) is 0 Å². The maximum atomic E-state index is 12.2. The van der Waals surface area contributed by atoms with Gasteiger partial charge in [0.05, 0.1) is 29.4 Å². The van der Waals surface area contributed by atoms with Gasteiger partial charge in [0.15, 0.2) is 5.75 Å². The van der Waals surface area contributed by atoms with Crippen molar-refractivity contribution in [3.05, 3.63) is 57.8 Å². The molecule has 0 bridgehead atoms. The predicted molar refractivity (Wildman–Crippen MR) is 78.4 cm³/mol. The molecule has 0 radical (unpaired) electrons. The number of rotatable bonds is 4. The summed E-state index contributed by atoms with van der Waals surface area (Å²) in [6.45, 7) is 0.297. The fraction of sp³-hybridized carbons (Fsp3) is 0.143. The zero-order valence-electron chi connectivity index (χ0n) is 10.7. The summed E-state index contributed by atoms with van der Waals surface area (Å²) in [5, 5.41) is 3.35. The molecule has 4 nitrogen and oxygen atoms in total. The molecule has 6 heteroatoms. The van der Waals surface area contributed by atoms with Gasteiger partial charge in [-0.3, -0.25) is 9.78 Å². The molecule has 0 aliphatic carbocycles. The fourth-order valence-corrected chi connectivity index (χ4v) is 2.18. The number of amides is 1. The summed E-state index contributed by atoms with van der Waals surface area (Å²) >= 11 is 12.0. The Hall–Kier alpha value is -1.78. The van der Waals surface area contributed by atoms with E-state index in [2.05, 4.69) is 10.3 Å². The third kappa shape index (κ3) is 3.21. The quantitative estimate of drug-likeness (QED) is 0.942. The Balaban J connectivity index is 2.19. The van der Waals surface area contributed by atoms with Crippen LogP contribution in [0.2, 0.25) is 10.0 Å². The summed E-state index contributed by atoms with van der Waals surface area (Å²) in [7, 11) is 1.44. The molecule has 104 valence electrons. The van der Waals surface area contributed by atoms with E-state index in [0.717, 1.165) is 5.69 Å². The highest BCUT2D eigenvalue weighted by Gasteiger charge is 2.19. The number of methoxy groups -OCH3 is 1. The van der Waals surface area contributed by atoms with Crippen molar-refractivity contribution >= 4 is 29.1 Å². The van der Waals surface area contributed by atoms with Gasteiger partial charge in [-0.15, -0.1) is 0 Å². The molecule has 1 heterocycles. The number of carbonyl (C=O) groups excluding carboxylic acids is 1. The van der Waals surface area contributed by atoms with Gasteiger partial charge < -0.3 is 10.1 Å². The summed E-state index contributed by atoms with van der Waals surface area (Å²) in [4.78, 5) is 16.3. The van der Waals surface area contributed by atoms with E-state index in [9.17, 15) is 4.79 Å². The SMILES string of the molecule is COc1c(Cl)ccc(Cl)c1C(=O)NCc1ccccn1. The van der Waals surface area contributed by atoms with Crippen LogP contribution in [-0.4, -0.2) is 18.0 Å². The maximum absolute atomic E-state index is 12.2. The Morgan fingerprint density at radius 2 is 2.00 bits per heavy atom. The highest BCUT2D eigenvalue weighted by atomic mass is 35.5. The lowest BCUT2D eigenvalue weighted by Gasteiger charge is -2.12. The van der Waals surface area contributed by atoms with Crippen LogP contribution in [0.1, 0.15) is 16.1 Å². The van der Waals surface area contributed by atoms with Gasteiger partial charge >= 0.3 is 0 Å². The normalized spacial score (nSPS) is 10.2. The molecule has 0 aliphatic rings. The first-order valence-electron chi connectivity index (χ1n) is 5.83. The van der Waals surface area contributed by atoms with E-state index in [1.165, 1.54) is 7.11 Å². The summed E-state index contributed by atoms with van der Waals surface area (Å²) in [5.41, 5.74) is 0.968. The van der Waals surface area contributed by atoms with Gasteiger partial charge in [0.1, 0.15) is 5.56 Å². The minimum atomic E-state index is -0.361. The van der Waals surface area contributed by atoms with Crippen molar-refractivity contribution < 1.29 is 9.53 Å². The average molecular weight is 311 g/mol. The van der Waals surface area contributed by atoms with Gasteiger partial charge in [0.25, 0.3) is 5.91 Å². The molecule has 1 aromatic heterocycles. The van der Waals surface area contributed by atoms with Gasteiger partial charge in [-0.05, 0) is 24.3 Å². The number of ether oxygens (including phenoxy) is 1. The summed E-state index contributed by atoms with van der Waals surface area (Å²) < 4.78 is 5.14. The Bertz CT molecular complexity index is 618. The van der Waals surface area contributed by atoms with Crippen LogP contribution < -0.4 is 10.1 Å². The first-order valence-corrected chi connectivity index (χ1v) is 6.59. The largest absolute Gasteiger partial charge is 0.494 e. The van der Waals surface area contributed by atoms with Crippen molar-refractivity contribution in [2.75, 3.05) is 7.11 Å². The lowest BCUT2D eigenvalue weighted by Crippen LogP contribution is -2.24. The van der Waals surface area contributed by atoms with Crippen molar-refractivity contribution in [2.24, 2.45) is 0 Å². The molecular weight excluding hydrogens is 299 g/mol. The molecule has 2 rings (SSSR count). The van der Waals surface area contributed by atoms with Gasteiger partial charge in [0.2, 0.25) is 0 Å². The summed E-state index contributed by atoms with van der Waals surface area (Å²) in [5.74, 6) is -0.0994. The van der Waals surface area contributed by atoms with Crippen LogP contribution in [0, 0.1) is 0 Å². The van der Waals surface area contributed by atoms with Crippen LogP contribution in [0.15, 0.2) is 36.5 Å². The van der Waals surface area contributed by atoms with Crippen LogP contribution in [0.3, 0.4) is 0 Å². The van der Waals surface area contributed by atoms with Crippen LogP contribution in [0.4, 0.5) is 0 Å². The molecular formula is C14H12Cl2N2O2. The number of halogens is 2. The van der Waals surface area contributed by atoms with E-state index < -0.39 is 0 Å². The second kappa shape index (κ2) is 6.59. The minimum absolute atomic E-state index is 0.220. The number of hydrogen-bond acceptors (Lipinski definition) is 3. The molecule has 0 spiro atoms. The van der Waals surface area contributed by atoms with Gasteiger partial charge in [-0.1, -0.05) is 29.3 Å². The van der Waals surface area contributed by atoms with E-state index in [0.29, 0.717) is 11.6 Å². The third-order valence-electron chi connectivity index (χ3n) is 2.65. The lowest BCUT2D eigenvalue weighted by molar-refractivity contribution is 0.0947. The molecule has 0 saturated heterocycles. The highest BCUT2D eigenvalue weighted by molar-refractivity contribution is 6.37. The monoisotopic (exact) mass is 310 g/mol. The van der Waals surface area contributed by atoms with E-state index in [4.69, 9.17) is 27.9 Å². The number of nitrogens with zero attached hydrogens (tertiary/aromatic N) is 1. The molecule has 1 N–H and O–H groups in total. The van der Waals surface area contributed by atoms with E-state index in [1.54, 1.807) is 18.3 Å². The molecule has 0 fully saturated rings. The minimum Gasteiger partial charge on any atom is -0.494 e. The van der Waals surface area contributed by atoms with E-state index in [1.807, 2.05) is 18.2 Å². The Morgan fingerprint density at radius 1 is 1.25 bits per heavy atom. The average Bonchev–Trinajstić information content (AvgIpc) is 2.48. The summed E-state index contributed by atoms with van der Waals surface area (Å²) in [6, 6.07) is 8.61. The van der Waals surface area contributed by atoms with Crippen LogP contribution >= 0.6 is 23.2 Å². The number of nitrogens with one attached hydrogen (secondary N) is 1. The molecule has 0 unspecified atom stereocenters. The number of benzene rings is 1. The van der Waals surface area contributed by atoms with Gasteiger partial charge in [-0.2, -0.15) is 0 Å². The summed E-state index contributed by atoms with van der Waals surface area (Å²) in [6.07, 6.45) is 1.66. The zero-order chi connectivity index (χ0) is 14.5. The van der Waals surface area contributed by atoms with Crippen LogP contribution in [-0.2, 0) is 6.54 Å².